The molecule has 0 bridgehead atoms. The van der Waals surface area contributed by atoms with E-state index in [9.17, 15) is 9.59 Å². The van der Waals surface area contributed by atoms with Gasteiger partial charge in [0.05, 0.1) is 23.0 Å². The van der Waals surface area contributed by atoms with Crippen molar-refractivity contribution in [3.8, 4) is 11.1 Å². The Kier molecular flexibility index (Phi) is 5.53. The first-order valence-electron chi connectivity index (χ1n) is 10.4. The van der Waals surface area contributed by atoms with Crippen LogP contribution in [0.2, 0.25) is 0 Å². The monoisotopic (exact) mass is 405 g/mol. The van der Waals surface area contributed by atoms with E-state index in [1.807, 2.05) is 38.2 Å². The summed E-state index contributed by atoms with van der Waals surface area (Å²) < 4.78 is 0. The Bertz CT molecular complexity index is 1070. The molecule has 0 saturated heterocycles. The second-order valence-electron chi connectivity index (χ2n) is 8.48. The van der Waals surface area contributed by atoms with Crippen LogP contribution in [0, 0.1) is 5.92 Å². The molecular formula is C23H27N5O2. The molecule has 7 heteroatoms. The van der Waals surface area contributed by atoms with Gasteiger partial charge in [-0.15, -0.1) is 0 Å². The van der Waals surface area contributed by atoms with Gasteiger partial charge in [-0.25, -0.2) is 0 Å². The Balaban J connectivity index is 1.63. The van der Waals surface area contributed by atoms with Crippen molar-refractivity contribution in [3.05, 3.63) is 42.4 Å². The number of aromatic nitrogens is 3. The van der Waals surface area contributed by atoms with Crippen LogP contribution >= 0.6 is 0 Å². The van der Waals surface area contributed by atoms with Crippen molar-refractivity contribution in [2.75, 3.05) is 5.32 Å². The van der Waals surface area contributed by atoms with Crippen LogP contribution in [-0.4, -0.2) is 39.0 Å². The van der Waals surface area contributed by atoms with Crippen LogP contribution in [0.4, 0.5) is 5.69 Å². The normalized spacial score (nSPS) is 18.3. The molecule has 1 aliphatic rings. The number of rotatable bonds is 7. The zero-order chi connectivity index (χ0) is 21.3. The molecule has 2 heterocycles. The highest BCUT2D eigenvalue weighted by molar-refractivity contribution is 6.08. The molecule has 1 aliphatic carbocycles. The van der Waals surface area contributed by atoms with E-state index in [1.54, 1.807) is 19.3 Å². The molecule has 0 spiro atoms. The smallest absolute Gasteiger partial charge is 0.255 e. The Morgan fingerprint density at radius 3 is 2.67 bits per heavy atom. The molecule has 4 rings (SSSR count). The number of carbonyl (C=O) groups excluding carboxylic acids is 2. The third kappa shape index (κ3) is 4.20. The van der Waals surface area contributed by atoms with E-state index in [0.717, 1.165) is 40.6 Å². The molecule has 3 aromatic rings. The summed E-state index contributed by atoms with van der Waals surface area (Å²) in [4.78, 5) is 28.9. The highest BCUT2D eigenvalue weighted by atomic mass is 16.1. The third-order valence-corrected chi connectivity index (χ3v) is 5.52. The van der Waals surface area contributed by atoms with E-state index in [0.29, 0.717) is 17.9 Å². The molecule has 156 valence electrons. The minimum atomic E-state index is -0.132. The van der Waals surface area contributed by atoms with Crippen molar-refractivity contribution in [1.82, 2.24) is 20.5 Å². The first-order chi connectivity index (χ1) is 14.4. The van der Waals surface area contributed by atoms with E-state index in [2.05, 4.69) is 25.8 Å². The number of ketones is 1. The fraction of sp³-hybridized carbons (Fsp3) is 0.391. The number of nitrogens with one attached hydrogen (secondary N) is 3. The van der Waals surface area contributed by atoms with Crippen LogP contribution in [-0.2, 0) is 4.79 Å². The number of anilines is 1. The molecule has 7 nitrogen and oxygen atoms in total. The van der Waals surface area contributed by atoms with Gasteiger partial charge in [0.25, 0.3) is 5.91 Å². The number of hydrogen-bond donors (Lipinski definition) is 3. The van der Waals surface area contributed by atoms with Crippen LogP contribution < -0.4 is 10.6 Å². The van der Waals surface area contributed by atoms with E-state index in [1.165, 1.54) is 0 Å². The van der Waals surface area contributed by atoms with E-state index in [4.69, 9.17) is 0 Å². The van der Waals surface area contributed by atoms with E-state index in [-0.39, 0.29) is 23.8 Å². The number of carbonyl (C=O) groups is 2. The Labute approximate surface area is 175 Å². The number of benzene rings is 1. The zero-order valence-electron chi connectivity index (χ0n) is 17.5. The zero-order valence-corrected chi connectivity index (χ0v) is 17.5. The molecule has 0 radical (unpaired) electrons. The lowest BCUT2D eigenvalue weighted by Gasteiger charge is -2.35. The lowest BCUT2D eigenvalue weighted by molar-refractivity contribution is -0.118. The topological polar surface area (TPSA) is 99.8 Å². The summed E-state index contributed by atoms with van der Waals surface area (Å²) in [6.45, 7) is 5.71. The van der Waals surface area contributed by atoms with Crippen LogP contribution in [0.25, 0.3) is 22.0 Å². The molecule has 0 atom stereocenters. The summed E-state index contributed by atoms with van der Waals surface area (Å²) in [6, 6.07) is 6.28. The number of pyridine rings is 1. The predicted molar refractivity (Wildman–Crippen MR) is 117 cm³/mol. The minimum Gasteiger partial charge on any atom is -0.382 e. The second kappa shape index (κ2) is 8.26. The number of aromatic amines is 1. The molecule has 2 aromatic heterocycles. The maximum Gasteiger partial charge on any atom is 0.255 e. The maximum atomic E-state index is 13.1. The van der Waals surface area contributed by atoms with Gasteiger partial charge in [-0.2, -0.15) is 5.10 Å². The minimum absolute atomic E-state index is 0.113. The summed E-state index contributed by atoms with van der Waals surface area (Å²) in [6.07, 6.45) is 7.56. The average molecular weight is 406 g/mol. The lowest BCUT2D eigenvalue weighted by Crippen LogP contribution is -2.45. The van der Waals surface area contributed by atoms with Crippen LogP contribution in [0.15, 0.2) is 36.8 Å². The molecule has 0 aliphatic heterocycles. The Hall–Kier alpha value is -3.22. The van der Waals surface area contributed by atoms with Gasteiger partial charge in [-0.1, -0.05) is 6.07 Å². The van der Waals surface area contributed by atoms with Crippen molar-refractivity contribution in [2.45, 2.75) is 52.1 Å². The number of hydrogen-bond acceptors (Lipinski definition) is 5. The highest BCUT2D eigenvalue weighted by Gasteiger charge is 2.31. The van der Waals surface area contributed by atoms with Crippen LogP contribution in [0.1, 0.15) is 50.4 Å². The molecule has 1 saturated carbocycles. The van der Waals surface area contributed by atoms with Gasteiger partial charge in [0.2, 0.25) is 0 Å². The summed E-state index contributed by atoms with van der Waals surface area (Å²) >= 11 is 0. The SMILES string of the molecule is CC(=O)CC1CC(NC(=O)c2cnc3ccc(-c4cn[nH]c4)cc3c2NC(C)C)C1. The van der Waals surface area contributed by atoms with Gasteiger partial charge in [-0.3, -0.25) is 14.9 Å². The van der Waals surface area contributed by atoms with E-state index < -0.39 is 0 Å². The van der Waals surface area contributed by atoms with E-state index >= 15 is 0 Å². The molecule has 1 aromatic carbocycles. The van der Waals surface area contributed by atoms with Crippen molar-refractivity contribution in [3.63, 3.8) is 0 Å². The Morgan fingerprint density at radius 2 is 2.00 bits per heavy atom. The summed E-state index contributed by atoms with van der Waals surface area (Å²) in [5.41, 5.74) is 4.14. The van der Waals surface area contributed by atoms with Gasteiger partial charge in [0, 0.05) is 41.8 Å². The first kappa shape index (κ1) is 20.1. The molecule has 1 fully saturated rings. The number of H-pyrrole nitrogens is 1. The van der Waals surface area contributed by atoms with Crippen LogP contribution in [0.3, 0.4) is 0 Å². The standard InChI is InChI=1S/C23H27N5O2/c1-13(2)27-22-19-9-16(17-10-25-26-11-17)4-5-21(19)24-12-20(22)23(30)28-18-7-15(8-18)6-14(3)29/h4-5,9-13,15,18H,6-8H2,1-3H3,(H,24,27)(H,25,26)(H,28,30). The fourth-order valence-electron chi connectivity index (χ4n) is 4.09. The quantitative estimate of drug-likeness (QED) is 0.553. The summed E-state index contributed by atoms with van der Waals surface area (Å²) in [7, 11) is 0. The number of Topliss-reactive ketones (excluding diaryl/α,β-unsaturated/α-hetero) is 1. The first-order valence-corrected chi connectivity index (χ1v) is 10.4. The van der Waals surface area contributed by atoms with Crippen molar-refractivity contribution >= 4 is 28.3 Å². The van der Waals surface area contributed by atoms with Crippen LogP contribution in [0.5, 0.6) is 0 Å². The van der Waals surface area contributed by atoms with Gasteiger partial charge >= 0.3 is 0 Å². The van der Waals surface area contributed by atoms with Gasteiger partial charge in [0.1, 0.15) is 5.78 Å². The number of nitrogens with zero attached hydrogens (tertiary/aromatic N) is 2. The van der Waals surface area contributed by atoms with Crippen molar-refractivity contribution in [1.29, 1.82) is 0 Å². The maximum absolute atomic E-state index is 13.1. The summed E-state index contributed by atoms with van der Waals surface area (Å²) in [5.74, 6) is 0.459. The molecule has 3 N–H and O–H groups in total. The molecule has 30 heavy (non-hydrogen) atoms. The third-order valence-electron chi connectivity index (χ3n) is 5.52. The number of fused-ring (bicyclic) bond motifs is 1. The van der Waals surface area contributed by atoms with Gasteiger partial charge < -0.3 is 15.4 Å². The average Bonchev–Trinajstić information content (AvgIpc) is 3.20. The molecule has 0 unspecified atom stereocenters. The molecule has 1 amide bonds. The highest BCUT2D eigenvalue weighted by Crippen LogP contribution is 2.33. The second-order valence-corrected chi connectivity index (χ2v) is 8.48. The van der Waals surface area contributed by atoms with Gasteiger partial charge in [-0.05, 0) is 57.2 Å². The Morgan fingerprint density at radius 1 is 1.20 bits per heavy atom. The predicted octanol–water partition coefficient (Wildman–Crippen LogP) is 3.93. The number of amides is 1. The van der Waals surface area contributed by atoms with Crippen molar-refractivity contribution in [2.24, 2.45) is 5.92 Å². The largest absolute Gasteiger partial charge is 0.382 e. The summed E-state index contributed by atoms with van der Waals surface area (Å²) in [5, 5.41) is 14.3. The fourth-order valence-corrected chi connectivity index (χ4v) is 4.09. The van der Waals surface area contributed by atoms with Crippen molar-refractivity contribution < 1.29 is 9.59 Å². The van der Waals surface area contributed by atoms with Gasteiger partial charge in [0.15, 0.2) is 0 Å². The molecular weight excluding hydrogens is 378 g/mol. The lowest BCUT2D eigenvalue weighted by atomic mass is 9.77.